The van der Waals surface area contributed by atoms with Crippen LogP contribution in [0.25, 0.3) is 21.3 Å². The predicted molar refractivity (Wildman–Crippen MR) is 109 cm³/mol. The van der Waals surface area contributed by atoms with Crippen molar-refractivity contribution >= 4 is 27.5 Å². The lowest BCUT2D eigenvalue weighted by atomic mass is 10.1. The second-order valence-electron chi connectivity index (χ2n) is 6.06. The number of amides is 1. The summed E-state index contributed by atoms with van der Waals surface area (Å²) in [5.41, 5.74) is 7.79. The van der Waals surface area contributed by atoms with Crippen molar-refractivity contribution in [2.75, 3.05) is 7.11 Å². The standard InChI is InChI=1S/C21H17N3O3S/c1-26-11-17-23-20(27-15-9-7-14(8-10-15)19(22)25)18-16(12-28-21(18)24-17)13-5-3-2-4-6-13/h2-10,12H,11H2,1H3,(H2,22,25). The van der Waals surface area contributed by atoms with Gasteiger partial charge in [-0.25, -0.2) is 4.98 Å². The third kappa shape index (κ3) is 3.58. The maximum absolute atomic E-state index is 11.3. The fraction of sp³-hybridized carbons (Fsp3) is 0.0952. The Balaban J connectivity index is 1.82. The van der Waals surface area contributed by atoms with E-state index in [4.69, 9.17) is 15.2 Å². The van der Waals surface area contributed by atoms with Crippen molar-refractivity contribution in [1.29, 1.82) is 0 Å². The van der Waals surface area contributed by atoms with E-state index in [1.807, 2.05) is 35.7 Å². The molecular formula is C21H17N3O3S. The molecule has 0 unspecified atom stereocenters. The zero-order valence-electron chi connectivity index (χ0n) is 15.1. The molecule has 2 aromatic carbocycles. The van der Waals surface area contributed by atoms with Gasteiger partial charge >= 0.3 is 0 Å². The smallest absolute Gasteiger partial charge is 0.248 e. The molecule has 2 N–H and O–H groups in total. The summed E-state index contributed by atoms with van der Waals surface area (Å²) in [4.78, 5) is 21.3. The molecular weight excluding hydrogens is 374 g/mol. The lowest BCUT2D eigenvalue weighted by Crippen LogP contribution is -2.10. The number of aromatic nitrogens is 2. The second kappa shape index (κ2) is 7.75. The molecule has 6 nitrogen and oxygen atoms in total. The number of hydrogen-bond acceptors (Lipinski definition) is 6. The minimum Gasteiger partial charge on any atom is -0.438 e. The number of fused-ring (bicyclic) bond motifs is 1. The van der Waals surface area contributed by atoms with Crippen molar-refractivity contribution < 1.29 is 14.3 Å². The first-order chi connectivity index (χ1) is 13.7. The van der Waals surface area contributed by atoms with Crippen LogP contribution in [0, 0.1) is 0 Å². The number of primary amides is 1. The molecule has 0 saturated heterocycles. The Morgan fingerprint density at radius 1 is 1.07 bits per heavy atom. The average Bonchev–Trinajstić information content (AvgIpc) is 3.14. The van der Waals surface area contributed by atoms with Crippen molar-refractivity contribution in [3.63, 3.8) is 0 Å². The Bertz CT molecular complexity index is 1130. The van der Waals surface area contributed by atoms with Gasteiger partial charge in [-0.05, 0) is 29.8 Å². The molecule has 0 fully saturated rings. The first-order valence-electron chi connectivity index (χ1n) is 8.56. The zero-order chi connectivity index (χ0) is 19.5. The molecule has 0 aliphatic carbocycles. The van der Waals surface area contributed by atoms with E-state index in [1.165, 1.54) is 11.3 Å². The highest BCUT2D eigenvalue weighted by Gasteiger charge is 2.17. The number of hydrogen-bond donors (Lipinski definition) is 1. The maximum Gasteiger partial charge on any atom is 0.248 e. The molecule has 140 valence electrons. The van der Waals surface area contributed by atoms with Crippen LogP contribution < -0.4 is 10.5 Å². The lowest BCUT2D eigenvalue weighted by Gasteiger charge is -2.10. The Labute approximate surface area is 165 Å². The Morgan fingerprint density at radius 2 is 1.82 bits per heavy atom. The molecule has 2 aromatic heterocycles. The van der Waals surface area contributed by atoms with E-state index in [0.29, 0.717) is 23.0 Å². The monoisotopic (exact) mass is 391 g/mol. The number of carbonyl (C=O) groups is 1. The molecule has 1 amide bonds. The van der Waals surface area contributed by atoms with Crippen molar-refractivity contribution in [2.24, 2.45) is 5.73 Å². The predicted octanol–water partition coefficient (Wildman–Crippen LogP) is 4.40. The first kappa shape index (κ1) is 18.1. The number of benzene rings is 2. The highest BCUT2D eigenvalue weighted by Crippen LogP contribution is 2.39. The van der Waals surface area contributed by atoms with Gasteiger partial charge in [0.2, 0.25) is 11.8 Å². The average molecular weight is 391 g/mol. The van der Waals surface area contributed by atoms with E-state index in [-0.39, 0.29) is 6.61 Å². The molecule has 0 radical (unpaired) electrons. The van der Waals surface area contributed by atoms with Gasteiger partial charge in [-0.3, -0.25) is 4.79 Å². The highest BCUT2D eigenvalue weighted by molar-refractivity contribution is 7.17. The number of carbonyl (C=O) groups excluding carboxylic acids is 1. The molecule has 28 heavy (non-hydrogen) atoms. The van der Waals surface area contributed by atoms with Gasteiger partial charge in [0.25, 0.3) is 0 Å². The van der Waals surface area contributed by atoms with E-state index in [2.05, 4.69) is 9.97 Å². The molecule has 0 atom stereocenters. The van der Waals surface area contributed by atoms with Gasteiger partial charge in [0, 0.05) is 23.6 Å². The maximum atomic E-state index is 11.3. The van der Waals surface area contributed by atoms with Crippen LogP contribution in [0.2, 0.25) is 0 Å². The molecule has 7 heteroatoms. The zero-order valence-corrected chi connectivity index (χ0v) is 15.9. The molecule has 0 spiro atoms. The van der Waals surface area contributed by atoms with Crippen molar-refractivity contribution in [2.45, 2.75) is 6.61 Å². The SMILES string of the molecule is COCc1nc(Oc2ccc(C(N)=O)cc2)c2c(-c3ccccc3)csc2n1. The quantitative estimate of drug-likeness (QED) is 0.526. The van der Waals surface area contributed by atoms with Crippen LogP contribution in [-0.4, -0.2) is 23.0 Å². The molecule has 2 heterocycles. The Kier molecular flexibility index (Phi) is 5.01. The number of thiophene rings is 1. The highest BCUT2D eigenvalue weighted by atomic mass is 32.1. The van der Waals surface area contributed by atoms with E-state index in [1.54, 1.807) is 31.4 Å². The first-order valence-corrected chi connectivity index (χ1v) is 9.44. The molecule has 0 aliphatic rings. The van der Waals surface area contributed by atoms with Crippen molar-refractivity contribution in [3.8, 4) is 22.8 Å². The van der Waals surface area contributed by atoms with Crippen LogP contribution >= 0.6 is 11.3 Å². The summed E-state index contributed by atoms with van der Waals surface area (Å²) in [6, 6.07) is 16.7. The third-order valence-corrected chi connectivity index (χ3v) is 5.03. The van der Waals surface area contributed by atoms with Crippen LogP contribution in [0.5, 0.6) is 11.6 Å². The summed E-state index contributed by atoms with van der Waals surface area (Å²) in [7, 11) is 1.60. The minimum absolute atomic E-state index is 0.283. The number of ether oxygens (including phenoxy) is 2. The summed E-state index contributed by atoms with van der Waals surface area (Å²) in [5, 5.41) is 2.89. The topological polar surface area (TPSA) is 87.3 Å². The van der Waals surface area contributed by atoms with E-state index in [0.717, 1.165) is 21.3 Å². The van der Waals surface area contributed by atoms with Crippen LogP contribution in [0.15, 0.2) is 60.0 Å². The fourth-order valence-corrected chi connectivity index (χ4v) is 3.81. The molecule has 0 aliphatic heterocycles. The number of nitrogens with zero attached hydrogens (tertiary/aromatic N) is 2. The molecule has 0 saturated carbocycles. The fourth-order valence-electron chi connectivity index (χ4n) is 2.85. The van der Waals surface area contributed by atoms with Gasteiger partial charge in [0.15, 0.2) is 5.82 Å². The van der Waals surface area contributed by atoms with Crippen molar-refractivity contribution in [1.82, 2.24) is 9.97 Å². The number of rotatable bonds is 6. The van der Waals surface area contributed by atoms with Gasteiger partial charge in [-0.15, -0.1) is 11.3 Å². The molecule has 0 bridgehead atoms. The summed E-state index contributed by atoms with van der Waals surface area (Å²) >= 11 is 1.53. The second-order valence-corrected chi connectivity index (χ2v) is 6.92. The Morgan fingerprint density at radius 3 is 2.50 bits per heavy atom. The molecule has 4 rings (SSSR count). The van der Waals surface area contributed by atoms with Crippen LogP contribution in [0.3, 0.4) is 0 Å². The summed E-state index contributed by atoms with van der Waals surface area (Å²) in [5.74, 6) is 1.06. The molecule has 4 aromatic rings. The van der Waals surface area contributed by atoms with E-state index < -0.39 is 5.91 Å². The summed E-state index contributed by atoms with van der Waals surface area (Å²) in [6.45, 7) is 0.283. The van der Waals surface area contributed by atoms with E-state index >= 15 is 0 Å². The van der Waals surface area contributed by atoms with Gasteiger partial charge in [-0.2, -0.15) is 4.98 Å². The van der Waals surface area contributed by atoms with Gasteiger partial charge in [0.05, 0.1) is 5.39 Å². The van der Waals surface area contributed by atoms with Crippen LogP contribution in [0.4, 0.5) is 0 Å². The Hall–Kier alpha value is -3.29. The number of nitrogens with two attached hydrogens (primary N) is 1. The van der Waals surface area contributed by atoms with Crippen LogP contribution in [0.1, 0.15) is 16.2 Å². The van der Waals surface area contributed by atoms with Crippen molar-refractivity contribution in [3.05, 3.63) is 71.4 Å². The minimum atomic E-state index is -0.484. The lowest BCUT2D eigenvalue weighted by molar-refractivity contribution is 0.100. The van der Waals surface area contributed by atoms with Crippen LogP contribution in [-0.2, 0) is 11.3 Å². The summed E-state index contributed by atoms with van der Waals surface area (Å²) < 4.78 is 11.3. The third-order valence-electron chi connectivity index (χ3n) is 4.16. The van der Waals surface area contributed by atoms with Gasteiger partial charge in [-0.1, -0.05) is 30.3 Å². The van der Waals surface area contributed by atoms with E-state index in [9.17, 15) is 4.79 Å². The normalized spacial score (nSPS) is 10.9. The number of methoxy groups -OCH3 is 1. The summed E-state index contributed by atoms with van der Waals surface area (Å²) in [6.07, 6.45) is 0. The largest absolute Gasteiger partial charge is 0.438 e. The van der Waals surface area contributed by atoms with Gasteiger partial charge in [0.1, 0.15) is 17.2 Å². The van der Waals surface area contributed by atoms with Gasteiger partial charge < -0.3 is 15.2 Å².